The van der Waals surface area contributed by atoms with Crippen molar-refractivity contribution < 1.29 is 14.2 Å². The van der Waals surface area contributed by atoms with E-state index in [2.05, 4.69) is 153 Å². The van der Waals surface area contributed by atoms with E-state index in [1.807, 2.05) is 0 Å². The summed E-state index contributed by atoms with van der Waals surface area (Å²) in [6.07, 6.45) is 11.4. The molecular formula is C40H48HfSi. The van der Waals surface area contributed by atoms with Gasteiger partial charge in [0.25, 0.3) is 0 Å². The molecule has 0 aliphatic heterocycles. The van der Waals surface area contributed by atoms with Gasteiger partial charge in [0.1, 0.15) is 0 Å². The van der Waals surface area contributed by atoms with Crippen molar-refractivity contribution >= 4 is 19.1 Å². The van der Waals surface area contributed by atoms with Crippen LogP contribution in [0, 0.1) is 27.7 Å². The number of aryl methyl sites for hydroxylation is 4. The van der Waals surface area contributed by atoms with Crippen LogP contribution in [0.2, 0.25) is 18.2 Å². The topological polar surface area (TPSA) is 0 Å². The molecule has 0 fully saturated rings. The van der Waals surface area contributed by atoms with E-state index < -0.39 is 14.2 Å². The third-order valence-electron chi connectivity index (χ3n) is 11.9. The number of benzene rings is 4. The molecule has 2 heteroatoms. The zero-order valence-corrected chi connectivity index (χ0v) is 32.0. The van der Waals surface area contributed by atoms with Crippen LogP contribution in [0.15, 0.2) is 84.9 Å². The van der Waals surface area contributed by atoms with Crippen LogP contribution in [0.4, 0.5) is 0 Å². The van der Waals surface area contributed by atoms with Crippen LogP contribution >= 0.6 is 0 Å². The molecule has 0 aromatic heterocycles. The molecule has 0 bridgehead atoms. The standard InChI is InChI=1S/2C17H15.C3H7.3CH3.Hf.H2Si/c2*1-12-6-3-7-13(2)17(12)16-11-5-9-14-8-4-10-15(14)16;1-3-2;;;;;/h2*3-11H,1-2H3;1,3H2,2H3;3*1H3;;1H2. The van der Waals surface area contributed by atoms with Crippen LogP contribution in [-0.2, 0) is 14.2 Å². The molecular weight excluding hydrogens is 687 g/mol. The minimum atomic E-state index is -4.89. The number of hydrogen-bond donors (Lipinski definition) is 0. The SMILES string of the molecule is CC[CH2][Hf]([CH3])([CH3])([CH3])(=[SiH2])([CH]1C=Cc2c(-c3c(C)cccc3C)cccc21)[CH]1C=Cc2c(-c3c(C)cccc3C)cccc21. The van der Waals surface area contributed by atoms with Gasteiger partial charge >= 0.3 is 252 Å². The van der Waals surface area contributed by atoms with Gasteiger partial charge in [-0.2, -0.15) is 0 Å². The van der Waals surface area contributed by atoms with E-state index in [1.165, 1.54) is 66.2 Å². The fraction of sp³-hybridized carbons (Fsp3) is 0.300. The average molecular weight is 735 g/mol. The monoisotopic (exact) mass is 736 g/mol. The molecule has 2 atom stereocenters. The normalized spacial score (nSPS) is 20.0. The van der Waals surface area contributed by atoms with Crippen LogP contribution in [-0.4, -0.2) is 6.94 Å². The Hall–Kier alpha value is -2.55. The van der Waals surface area contributed by atoms with Gasteiger partial charge in [0.2, 0.25) is 0 Å². The fourth-order valence-electron chi connectivity index (χ4n) is 9.82. The third kappa shape index (κ3) is 4.08. The van der Waals surface area contributed by atoms with E-state index in [0.717, 1.165) is 0 Å². The molecule has 2 aliphatic rings. The van der Waals surface area contributed by atoms with Crippen molar-refractivity contribution in [3.05, 3.63) is 129 Å². The zero-order chi connectivity index (χ0) is 30.2. The summed E-state index contributed by atoms with van der Waals surface area (Å²) in [5.41, 5.74) is 17.0. The summed E-state index contributed by atoms with van der Waals surface area (Å²) in [5, 5.41) is 0. The molecule has 0 spiro atoms. The molecule has 0 radical (unpaired) electrons. The third-order valence-corrected chi connectivity index (χ3v) is 58.5. The first-order chi connectivity index (χ1) is 19.6. The molecule has 216 valence electrons. The Kier molecular flexibility index (Phi) is 6.16. The van der Waals surface area contributed by atoms with Crippen LogP contribution in [0.25, 0.3) is 34.4 Å². The molecule has 0 saturated carbocycles. The van der Waals surface area contributed by atoms with Gasteiger partial charge < -0.3 is 0 Å². The first kappa shape index (κ1) is 29.5. The van der Waals surface area contributed by atoms with Crippen molar-refractivity contribution in [2.24, 2.45) is 0 Å². The number of fused-ring (bicyclic) bond motifs is 2. The molecule has 6 rings (SSSR count). The van der Waals surface area contributed by atoms with E-state index >= 15 is 0 Å². The Labute approximate surface area is 250 Å². The summed E-state index contributed by atoms with van der Waals surface area (Å²) in [6, 6.07) is 27.7. The van der Waals surface area contributed by atoms with Crippen LogP contribution < -0.4 is 0 Å². The van der Waals surface area contributed by atoms with Crippen molar-refractivity contribution in [3.8, 4) is 22.3 Å². The molecule has 4 aromatic carbocycles. The minimum absolute atomic E-state index is 0.427. The second kappa shape index (κ2) is 8.76. The molecule has 0 heterocycles. The summed E-state index contributed by atoms with van der Waals surface area (Å²) >= 11 is -4.89. The molecule has 0 nitrogen and oxygen atoms in total. The van der Waals surface area contributed by atoms with Crippen LogP contribution in [0.5, 0.6) is 0 Å². The van der Waals surface area contributed by atoms with Crippen LogP contribution in [0.3, 0.4) is 0 Å². The number of rotatable bonds is 6. The van der Waals surface area contributed by atoms with Gasteiger partial charge in [-0.05, 0) is 0 Å². The Bertz CT molecular complexity index is 1810. The fourth-order valence-corrected chi connectivity index (χ4v) is 51.5. The van der Waals surface area contributed by atoms with Crippen molar-refractivity contribution in [1.29, 1.82) is 0 Å². The number of hydrogen-bond acceptors (Lipinski definition) is 0. The Balaban J connectivity index is 1.60. The van der Waals surface area contributed by atoms with Crippen LogP contribution in [0.1, 0.15) is 65.2 Å². The van der Waals surface area contributed by atoms with Crippen molar-refractivity contribution in [3.63, 3.8) is 0 Å². The maximum absolute atomic E-state index is 4.89. The molecule has 2 unspecified atom stereocenters. The van der Waals surface area contributed by atoms with E-state index in [0.29, 0.717) is 7.35 Å². The quantitative estimate of drug-likeness (QED) is 0.173. The van der Waals surface area contributed by atoms with Crippen molar-refractivity contribution in [2.75, 3.05) is 0 Å². The second-order valence-corrected chi connectivity index (χ2v) is 98.9. The Morgan fingerprint density at radius 3 is 1.29 bits per heavy atom. The summed E-state index contributed by atoms with van der Waals surface area (Å²) < 4.78 is 10.6. The predicted molar refractivity (Wildman–Crippen MR) is 187 cm³/mol. The summed E-state index contributed by atoms with van der Waals surface area (Å²) in [6.45, 7) is 13.9. The van der Waals surface area contributed by atoms with E-state index in [4.69, 9.17) is 0 Å². The second-order valence-electron chi connectivity index (χ2n) is 17.2. The maximum atomic E-state index is 2.82. The van der Waals surface area contributed by atoms with Crippen molar-refractivity contribution in [2.45, 2.75) is 66.6 Å². The zero-order valence-electron chi connectivity index (χ0n) is 27.0. The molecule has 0 saturated heterocycles. The summed E-state index contributed by atoms with van der Waals surface area (Å²) in [7, 11) is 0. The molecule has 42 heavy (non-hydrogen) atoms. The van der Waals surface area contributed by atoms with E-state index in [-0.39, 0.29) is 0 Å². The molecule has 0 amide bonds. The number of allylic oxidation sites excluding steroid dienone is 2. The molecule has 4 aromatic rings. The molecule has 2 aliphatic carbocycles. The summed E-state index contributed by atoms with van der Waals surface area (Å²) in [5.74, 6) is 0. The Morgan fingerprint density at radius 2 is 0.929 bits per heavy atom. The van der Waals surface area contributed by atoms with Gasteiger partial charge in [-0.3, -0.25) is 0 Å². The van der Waals surface area contributed by atoms with Gasteiger partial charge in [-0.1, -0.05) is 0 Å². The molecule has 0 N–H and O–H groups in total. The van der Waals surface area contributed by atoms with E-state index in [9.17, 15) is 0 Å². The predicted octanol–water partition coefficient (Wildman–Crippen LogP) is 11.4. The van der Waals surface area contributed by atoms with Crippen molar-refractivity contribution in [1.82, 2.24) is 0 Å². The van der Waals surface area contributed by atoms with Gasteiger partial charge in [0, 0.05) is 0 Å². The first-order valence-corrected chi connectivity index (χ1v) is 41.8. The first-order valence-electron chi connectivity index (χ1n) is 16.0. The van der Waals surface area contributed by atoms with Gasteiger partial charge in [0.15, 0.2) is 0 Å². The Morgan fingerprint density at radius 1 is 0.571 bits per heavy atom. The van der Waals surface area contributed by atoms with Gasteiger partial charge in [-0.15, -0.1) is 0 Å². The van der Waals surface area contributed by atoms with Gasteiger partial charge in [0.05, 0.1) is 0 Å². The van der Waals surface area contributed by atoms with E-state index in [1.54, 1.807) is 11.1 Å². The summed E-state index contributed by atoms with van der Waals surface area (Å²) in [4.78, 5) is 0. The van der Waals surface area contributed by atoms with Gasteiger partial charge in [-0.25, -0.2) is 0 Å². The average Bonchev–Trinajstić information content (AvgIpc) is 3.56.